The topological polar surface area (TPSA) is 106 Å². The van der Waals surface area contributed by atoms with Gasteiger partial charge in [0, 0.05) is 24.4 Å². The molecule has 0 unspecified atom stereocenters. The molecule has 1 aliphatic heterocycles. The summed E-state index contributed by atoms with van der Waals surface area (Å²) in [6.45, 7) is -0.626. The van der Waals surface area contributed by atoms with E-state index in [0.717, 1.165) is 0 Å². The van der Waals surface area contributed by atoms with Gasteiger partial charge in [-0.1, -0.05) is 0 Å². The van der Waals surface area contributed by atoms with Crippen LogP contribution in [-0.4, -0.2) is 43.3 Å². The Bertz CT molecular complexity index is 896. The molecule has 0 bridgehead atoms. The predicted octanol–water partition coefficient (Wildman–Crippen LogP) is 2.11. The number of benzene rings is 1. The number of rotatable bonds is 8. The molecule has 0 aliphatic carbocycles. The molecule has 30 heavy (non-hydrogen) atoms. The molecule has 0 radical (unpaired) electrons. The van der Waals surface area contributed by atoms with Gasteiger partial charge in [-0.05, 0) is 25.1 Å². The van der Waals surface area contributed by atoms with Crippen LogP contribution < -0.4 is 30.2 Å². The third-order valence-corrected chi connectivity index (χ3v) is 3.89. The van der Waals surface area contributed by atoms with Gasteiger partial charge in [-0.3, -0.25) is 9.78 Å². The molecule has 0 fully saturated rings. The van der Waals surface area contributed by atoms with Crippen LogP contribution in [-0.2, 0) is 11.3 Å². The molecule has 1 aromatic heterocycles. The zero-order chi connectivity index (χ0) is 21.3. The molecule has 2 aromatic rings. The van der Waals surface area contributed by atoms with E-state index in [2.05, 4.69) is 30.7 Å². The molecule has 160 valence electrons. The van der Waals surface area contributed by atoms with Crippen molar-refractivity contribution in [2.75, 3.05) is 25.2 Å². The van der Waals surface area contributed by atoms with Crippen molar-refractivity contribution >= 4 is 17.6 Å². The van der Waals surface area contributed by atoms with Gasteiger partial charge in [0.1, 0.15) is 5.75 Å². The fourth-order valence-electron chi connectivity index (χ4n) is 2.61. The van der Waals surface area contributed by atoms with E-state index in [0.29, 0.717) is 35.3 Å². The number of amides is 1. The maximum Gasteiger partial charge on any atom is 0.387 e. The van der Waals surface area contributed by atoms with Crippen LogP contribution in [0.1, 0.15) is 12.5 Å². The second kappa shape index (κ2) is 10.2. The molecule has 0 saturated heterocycles. The lowest BCUT2D eigenvalue weighted by Crippen LogP contribution is -2.41. The molecule has 11 heteroatoms. The third kappa shape index (κ3) is 5.93. The highest BCUT2D eigenvalue weighted by Crippen LogP contribution is 2.39. The van der Waals surface area contributed by atoms with E-state index in [-0.39, 0.29) is 31.5 Å². The van der Waals surface area contributed by atoms with Crippen molar-refractivity contribution < 1.29 is 27.8 Å². The lowest BCUT2D eigenvalue weighted by atomic mass is 10.1. The summed E-state index contributed by atoms with van der Waals surface area (Å²) in [6.07, 6.45) is 3.13. The van der Waals surface area contributed by atoms with E-state index in [1.165, 1.54) is 12.3 Å². The molecule has 0 spiro atoms. The molecule has 0 saturated carbocycles. The first-order chi connectivity index (χ1) is 14.5. The summed E-state index contributed by atoms with van der Waals surface area (Å²) in [4.78, 5) is 20.3. The van der Waals surface area contributed by atoms with Crippen LogP contribution in [0.2, 0.25) is 0 Å². The number of nitrogens with zero attached hydrogens (tertiary/aromatic N) is 2. The number of hydrogen-bond donors (Lipinski definition) is 3. The number of ether oxygens (including phenoxy) is 3. The maximum atomic E-state index is 12.8. The number of nitrogens with one attached hydrogen (secondary N) is 3. The highest BCUT2D eigenvalue weighted by Gasteiger charge is 2.20. The number of pyridine rings is 1. The number of alkyl halides is 2. The first-order valence-corrected chi connectivity index (χ1v) is 9.14. The van der Waals surface area contributed by atoms with E-state index < -0.39 is 6.61 Å². The fourth-order valence-corrected chi connectivity index (χ4v) is 2.61. The standard InChI is InChI=1S/C19H21F2N5O4/c1-2-23-19(25-10-17(27)26-13-4-3-5-22-9-13)24-8-12-6-15-16(29-11-28-15)7-14(12)30-18(20)21/h3-7,9,18H,2,8,10-11H2,1H3,(H,26,27)(H2,23,24,25). The number of aliphatic imine (C=N–C) groups is 1. The second-order valence-electron chi connectivity index (χ2n) is 6.03. The number of hydrogen-bond acceptors (Lipinski definition) is 6. The molecular formula is C19H21F2N5O4. The minimum atomic E-state index is -2.99. The zero-order valence-electron chi connectivity index (χ0n) is 16.2. The van der Waals surface area contributed by atoms with Gasteiger partial charge in [0.05, 0.1) is 25.0 Å². The minimum Gasteiger partial charge on any atom is -0.454 e. The van der Waals surface area contributed by atoms with Gasteiger partial charge in [-0.15, -0.1) is 0 Å². The molecule has 0 atom stereocenters. The average Bonchev–Trinajstić information content (AvgIpc) is 3.17. The number of anilines is 1. The molecule has 3 N–H and O–H groups in total. The van der Waals surface area contributed by atoms with Crippen molar-refractivity contribution in [1.29, 1.82) is 0 Å². The van der Waals surface area contributed by atoms with Gasteiger partial charge in [-0.2, -0.15) is 8.78 Å². The molecule has 1 aliphatic rings. The highest BCUT2D eigenvalue weighted by atomic mass is 19.3. The third-order valence-electron chi connectivity index (χ3n) is 3.89. The number of carbonyl (C=O) groups excluding carboxylic acids is 1. The number of carbonyl (C=O) groups is 1. The van der Waals surface area contributed by atoms with Gasteiger partial charge in [-0.25, -0.2) is 4.99 Å². The average molecular weight is 421 g/mol. The summed E-state index contributed by atoms with van der Waals surface area (Å²) in [7, 11) is 0. The highest BCUT2D eigenvalue weighted by molar-refractivity contribution is 5.94. The van der Waals surface area contributed by atoms with E-state index in [1.807, 2.05) is 6.92 Å². The summed E-state index contributed by atoms with van der Waals surface area (Å²) in [5, 5.41) is 8.56. The summed E-state index contributed by atoms with van der Waals surface area (Å²) >= 11 is 0. The lowest BCUT2D eigenvalue weighted by molar-refractivity contribution is -0.115. The Morgan fingerprint density at radius 2 is 2.10 bits per heavy atom. The van der Waals surface area contributed by atoms with Crippen molar-refractivity contribution in [1.82, 2.24) is 15.6 Å². The van der Waals surface area contributed by atoms with Crippen LogP contribution in [0.4, 0.5) is 14.5 Å². The van der Waals surface area contributed by atoms with Crippen molar-refractivity contribution in [3.63, 3.8) is 0 Å². The molecule has 3 rings (SSSR count). The predicted molar refractivity (Wildman–Crippen MR) is 105 cm³/mol. The maximum absolute atomic E-state index is 12.8. The second-order valence-corrected chi connectivity index (χ2v) is 6.03. The van der Waals surface area contributed by atoms with E-state index >= 15 is 0 Å². The molecule has 1 aromatic carbocycles. The van der Waals surface area contributed by atoms with Crippen molar-refractivity contribution in [2.24, 2.45) is 4.99 Å². The van der Waals surface area contributed by atoms with Crippen molar-refractivity contribution in [3.05, 3.63) is 42.2 Å². The summed E-state index contributed by atoms with van der Waals surface area (Å²) in [6, 6.07) is 6.32. The van der Waals surface area contributed by atoms with Gasteiger partial charge in [0.15, 0.2) is 17.5 Å². The Hall–Kier alpha value is -3.63. The van der Waals surface area contributed by atoms with Crippen LogP contribution in [0.15, 0.2) is 41.7 Å². The Morgan fingerprint density at radius 1 is 1.30 bits per heavy atom. The largest absolute Gasteiger partial charge is 0.454 e. The Morgan fingerprint density at radius 3 is 2.80 bits per heavy atom. The first-order valence-electron chi connectivity index (χ1n) is 9.14. The quantitative estimate of drug-likeness (QED) is 0.443. The molecular weight excluding hydrogens is 400 g/mol. The lowest BCUT2D eigenvalue weighted by Gasteiger charge is -2.13. The summed E-state index contributed by atoms with van der Waals surface area (Å²) in [5.41, 5.74) is 0.956. The molecule has 2 heterocycles. The Labute approximate surface area is 171 Å². The van der Waals surface area contributed by atoms with Gasteiger partial charge in [0.2, 0.25) is 12.7 Å². The van der Waals surface area contributed by atoms with E-state index in [4.69, 9.17) is 9.47 Å². The summed E-state index contributed by atoms with van der Waals surface area (Å²) < 4.78 is 40.6. The fraction of sp³-hybridized carbons (Fsp3) is 0.316. The summed E-state index contributed by atoms with van der Waals surface area (Å²) in [5.74, 6) is 0.743. The zero-order valence-corrected chi connectivity index (χ0v) is 16.2. The van der Waals surface area contributed by atoms with Crippen LogP contribution in [0.3, 0.4) is 0 Å². The van der Waals surface area contributed by atoms with Crippen LogP contribution in [0.5, 0.6) is 17.2 Å². The van der Waals surface area contributed by atoms with Crippen molar-refractivity contribution in [2.45, 2.75) is 20.1 Å². The van der Waals surface area contributed by atoms with Gasteiger partial charge < -0.3 is 30.2 Å². The number of fused-ring (bicyclic) bond motifs is 1. The number of halogens is 2. The Balaban J connectivity index is 1.66. The SMILES string of the molecule is CCNC(=NCc1cc2c(cc1OC(F)F)OCO2)NCC(=O)Nc1cccnc1. The minimum absolute atomic E-state index is 0.00636. The molecule has 9 nitrogen and oxygen atoms in total. The number of aromatic nitrogens is 1. The molecule has 1 amide bonds. The Kier molecular flexibility index (Phi) is 7.19. The number of guanidine groups is 1. The van der Waals surface area contributed by atoms with E-state index in [9.17, 15) is 13.6 Å². The van der Waals surface area contributed by atoms with Crippen LogP contribution >= 0.6 is 0 Å². The van der Waals surface area contributed by atoms with Crippen LogP contribution in [0, 0.1) is 0 Å². The first kappa shape index (κ1) is 21.1. The smallest absolute Gasteiger partial charge is 0.387 e. The van der Waals surface area contributed by atoms with Gasteiger partial charge in [0.25, 0.3) is 0 Å². The van der Waals surface area contributed by atoms with E-state index in [1.54, 1.807) is 24.4 Å². The van der Waals surface area contributed by atoms with Gasteiger partial charge >= 0.3 is 6.61 Å². The normalized spacial score (nSPS) is 12.6. The van der Waals surface area contributed by atoms with Crippen molar-refractivity contribution in [3.8, 4) is 17.2 Å². The van der Waals surface area contributed by atoms with Crippen LogP contribution in [0.25, 0.3) is 0 Å². The monoisotopic (exact) mass is 421 g/mol.